The lowest BCUT2D eigenvalue weighted by Crippen LogP contribution is -2.31. The average molecular weight is 260 g/mol. The third kappa shape index (κ3) is 3.22. The molecule has 0 unspecified atom stereocenters. The van der Waals surface area contributed by atoms with Gasteiger partial charge in [-0.3, -0.25) is 9.59 Å². The van der Waals surface area contributed by atoms with Gasteiger partial charge < -0.3 is 4.74 Å². The molecule has 0 aromatic heterocycles. The van der Waals surface area contributed by atoms with Crippen LogP contribution in [-0.2, 0) is 14.3 Å². The molecule has 0 saturated heterocycles. The first-order valence-corrected chi connectivity index (χ1v) is 6.75. The summed E-state index contributed by atoms with van der Waals surface area (Å²) in [6.07, 6.45) is 1.43. The van der Waals surface area contributed by atoms with Crippen LogP contribution in [0.3, 0.4) is 0 Å². The maximum atomic E-state index is 11.9. The molecule has 3 heteroatoms. The zero-order chi connectivity index (χ0) is 13.8. The predicted octanol–water partition coefficient (Wildman–Crippen LogP) is 2.95. The minimum absolute atomic E-state index is 0.0962. The van der Waals surface area contributed by atoms with Crippen LogP contribution < -0.4 is 0 Å². The maximum Gasteiger partial charge on any atom is 0.305 e. The Balaban J connectivity index is 2.16. The molecule has 19 heavy (non-hydrogen) atoms. The van der Waals surface area contributed by atoms with Crippen LogP contribution >= 0.6 is 0 Å². The molecule has 1 saturated carbocycles. The van der Waals surface area contributed by atoms with Gasteiger partial charge in [-0.25, -0.2) is 0 Å². The molecule has 1 aromatic rings. The molecule has 0 heterocycles. The minimum Gasteiger partial charge on any atom is -0.469 e. The summed E-state index contributed by atoms with van der Waals surface area (Å²) in [4.78, 5) is 23.4. The van der Waals surface area contributed by atoms with Crippen LogP contribution in [-0.4, -0.2) is 18.9 Å². The van der Waals surface area contributed by atoms with Crippen molar-refractivity contribution in [1.29, 1.82) is 0 Å². The van der Waals surface area contributed by atoms with E-state index in [2.05, 4.69) is 19.1 Å². The minimum atomic E-state index is -0.224. The Kier molecular flexibility index (Phi) is 4.35. The van der Waals surface area contributed by atoms with Gasteiger partial charge in [0.1, 0.15) is 5.78 Å². The summed E-state index contributed by atoms with van der Waals surface area (Å²) in [6, 6.07) is 10.1. The summed E-state index contributed by atoms with van der Waals surface area (Å²) >= 11 is 0. The molecule has 0 bridgehead atoms. The smallest absolute Gasteiger partial charge is 0.305 e. The largest absolute Gasteiger partial charge is 0.469 e. The van der Waals surface area contributed by atoms with E-state index in [0.29, 0.717) is 25.2 Å². The van der Waals surface area contributed by atoms with E-state index in [9.17, 15) is 9.59 Å². The number of ether oxygens (including phenoxy) is 1. The number of benzene rings is 1. The van der Waals surface area contributed by atoms with Gasteiger partial charge in [-0.15, -0.1) is 0 Å². The number of hydrogen-bond acceptors (Lipinski definition) is 3. The fraction of sp³-hybridized carbons (Fsp3) is 0.500. The van der Waals surface area contributed by atoms with E-state index in [1.165, 1.54) is 12.7 Å². The second kappa shape index (κ2) is 6.00. The standard InChI is InChI=1S/C16H20O3/c1-11-13(9-16(18)19-2)8-14(17)10-15(11)12-6-4-3-5-7-12/h3-7,11,13,15H,8-10H2,1-2H3/t11-,13-,15+/m1/s1. The number of hydrogen-bond donors (Lipinski definition) is 0. The van der Waals surface area contributed by atoms with E-state index < -0.39 is 0 Å². The topological polar surface area (TPSA) is 43.4 Å². The summed E-state index contributed by atoms with van der Waals surface area (Å²) in [6.45, 7) is 2.14. The Hall–Kier alpha value is -1.64. The summed E-state index contributed by atoms with van der Waals surface area (Å²) in [7, 11) is 1.40. The van der Waals surface area contributed by atoms with Crippen LogP contribution in [0.1, 0.15) is 37.7 Å². The van der Waals surface area contributed by atoms with Crippen molar-refractivity contribution in [2.45, 2.75) is 32.1 Å². The molecule has 0 amide bonds. The van der Waals surface area contributed by atoms with Crippen molar-refractivity contribution in [3.8, 4) is 0 Å². The third-order valence-corrected chi connectivity index (χ3v) is 4.20. The van der Waals surface area contributed by atoms with E-state index in [1.54, 1.807) is 0 Å². The van der Waals surface area contributed by atoms with Gasteiger partial charge >= 0.3 is 5.97 Å². The van der Waals surface area contributed by atoms with Crippen LogP contribution in [0, 0.1) is 11.8 Å². The Bertz CT molecular complexity index is 452. The van der Waals surface area contributed by atoms with Gasteiger partial charge in [0.2, 0.25) is 0 Å². The Morgan fingerprint density at radius 3 is 2.58 bits per heavy atom. The number of carbonyl (C=O) groups is 2. The molecule has 2 rings (SSSR count). The van der Waals surface area contributed by atoms with E-state index in [0.717, 1.165) is 0 Å². The number of esters is 1. The van der Waals surface area contributed by atoms with Gasteiger partial charge in [-0.1, -0.05) is 37.3 Å². The van der Waals surface area contributed by atoms with Crippen molar-refractivity contribution in [3.63, 3.8) is 0 Å². The lowest BCUT2D eigenvalue weighted by Gasteiger charge is -2.35. The second-order valence-electron chi connectivity index (χ2n) is 5.36. The van der Waals surface area contributed by atoms with Crippen LogP contribution in [0.4, 0.5) is 0 Å². The first kappa shape index (κ1) is 13.8. The van der Waals surface area contributed by atoms with Crippen molar-refractivity contribution >= 4 is 11.8 Å². The number of rotatable bonds is 3. The van der Waals surface area contributed by atoms with Gasteiger partial charge in [0.15, 0.2) is 0 Å². The highest BCUT2D eigenvalue weighted by atomic mass is 16.5. The Morgan fingerprint density at radius 1 is 1.26 bits per heavy atom. The van der Waals surface area contributed by atoms with Crippen molar-refractivity contribution in [3.05, 3.63) is 35.9 Å². The van der Waals surface area contributed by atoms with E-state index in [1.807, 2.05) is 18.2 Å². The number of Topliss-reactive ketones (excluding diaryl/α,β-unsaturated/α-hetero) is 1. The highest BCUT2D eigenvalue weighted by molar-refractivity contribution is 5.81. The molecule has 1 aromatic carbocycles. The molecule has 1 aliphatic rings. The zero-order valence-corrected chi connectivity index (χ0v) is 11.5. The van der Waals surface area contributed by atoms with Crippen LogP contribution in [0.15, 0.2) is 30.3 Å². The molecule has 0 spiro atoms. The number of methoxy groups -OCH3 is 1. The van der Waals surface area contributed by atoms with Gasteiger partial charge in [0.25, 0.3) is 0 Å². The first-order chi connectivity index (χ1) is 9.11. The fourth-order valence-electron chi connectivity index (χ4n) is 3.00. The van der Waals surface area contributed by atoms with Gasteiger partial charge in [0.05, 0.1) is 7.11 Å². The third-order valence-electron chi connectivity index (χ3n) is 4.20. The number of carbonyl (C=O) groups excluding carboxylic acids is 2. The average Bonchev–Trinajstić information content (AvgIpc) is 2.43. The van der Waals surface area contributed by atoms with Crippen LogP contribution in [0.5, 0.6) is 0 Å². The fourth-order valence-corrected chi connectivity index (χ4v) is 3.00. The highest BCUT2D eigenvalue weighted by Crippen LogP contribution is 2.41. The van der Waals surface area contributed by atoms with Gasteiger partial charge in [-0.2, -0.15) is 0 Å². The summed E-state index contributed by atoms with van der Waals surface area (Å²) in [5, 5.41) is 0. The highest BCUT2D eigenvalue weighted by Gasteiger charge is 2.36. The van der Waals surface area contributed by atoms with Crippen molar-refractivity contribution in [2.24, 2.45) is 11.8 Å². The van der Waals surface area contributed by atoms with Crippen molar-refractivity contribution in [1.82, 2.24) is 0 Å². The molecule has 3 nitrogen and oxygen atoms in total. The predicted molar refractivity (Wildman–Crippen MR) is 72.7 cm³/mol. The Morgan fingerprint density at radius 2 is 1.95 bits per heavy atom. The second-order valence-corrected chi connectivity index (χ2v) is 5.36. The molecular weight excluding hydrogens is 240 g/mol. The number of ketones is 1. The van der Waals surface area contributed by atoms with E-state index >= 15 is 0 Å². The van der Waals surface area contributed by atoms with Crippen LogP contribution in [0.25, 0.3) is 0 Å². The lowest BCUT2D eigenvalue weighted by atomic mass is 9.69. The maximum absolute atomic E-state index is 11.9. The molecule has 1 aliphatic carbocycles. The summed E-state index contributed by atoms with van der Waals surface area (Å²) in [5.74, 6) is 0.662. The van der Waals surface area contributed by atoms with Gasteiger partial charge in [-0.05, 0) is 23.3 Å². The van der Waals surface area contributed by atoms with E-state index in [-0.39, 0.29) is 23.6 Å². The molecule has 0 aliphatic heterocycles. The lowest BCUT2D eigenvalue weighted by molar-refractivity contribution is -0.142. The summed E-state index contributed by atoms with van der Waals surface area (Å²) in [5.41, 5.74) is 1.19. The SMILES string of the molecule is COC(=O)C[C@H]1CC(=O)C[C@H](c2ccccc2)[C@@H]1C. The van der Waals surface area contributed by atoms with Gasteiger partial charge in [0, 0.05) is 19.3 Å². The molecular formula is C16H20O3. The molecule has 102 valence electrons. The van der Waals surface area contributed by atoms with E-state index in [4.69, 9.17) is 4.74 Å². The van der Waals surface area contributed by atoms with Crippen molar-refractivity contribution < 1.29 is 14.3 Å². The normalized spacial score (nSPS) is 27.1. The molecule has 0 radical (unpaired) electrons. The summed E-state index contributed by atoms with van der Waals surface area (Å²) < 4.78 is 4.73. The van der Waals surface area contributed by atoms with Crippen LogP contribution in [0.2, 0.25) is 0 Å². The monoisotopic (exact) mass is 260 g/mol. The zero-order valence-electron chi connectivity index (χ0n) is 11.5. The molecule has 3 atom stereocenters. The Labute approximate surface area is 114 Å². The first-order valence-electron chi connectivity index (χ1n) is 6.75. The molecule has 1 fully saturated rings. The van der Waals surface area contributed by atoms with Crippen molar-refractivity contribution in [2.75, 3.05) is 7.11 Å². The quantitative estimate of drug-likeness (QED) is 0.785. The molecule has 0 N–H and O–H groups in total.